The van der Waals surface area contributed by atoms with E-state index in [1.165, 1.54) is 28.6 Å². The minimum atomic E-state index is -0.954. The monoisotopic (exact) mass is 434 g/mol. The number of esters is 2. The van der Waals surface area contributed by atoms with Gasteiger partial charge in [-0.2, -0.15) is 0 Å². The van der Waals surface area contributed by atoms with Crippen molar-refractivity contribution in [2.45, 2.75) is 33.6 Å². The fourth-order valence-corrected chi connectivity index (χ4v) is 3.78. The number of hydrogen-bond acceptors (Lipinski definition) is 7. The van der Waals surface area contributed by atoms with Gasteiger partial charge in [-0.15, -0.1) is 0 Å². The second kappa shape index (κ2) is 9.97. The number of hydrogen-bond donors (Lipinski definition) is 0. The van der Waals surface area contributed by atoms with Crippen molar-refractivity contribution in [2.24, 2.45) is 0 Å². The molecule has 30 heavy (non-hydrogen) atoms. The van der Waals surface area contributed by atoms with Crippen molar-refractivity contribution in [1.29, 1.82) is 0 Å². The van der Waals surface area contributed by atoms with E-state index in [1.807, 2.05) is 0 Å². The van der Waals surface area contributed by atoms with E-state index in [-0.39, 0.29) is 41.3 Å². The number of ether oxygens (including phenoxy) is 2. The summed E-state index contributed by atoms with van der Waals surface area (Å²) in [6, 6.07) is 5.71. The zero-order chi connectivity index (χ0) is 22.4. The standard InChI is InChI=1S/C20H22N2O7S/c1-5-28-19(23)16-12(3)21(11-30-27)13(4)17(20(24)29-6-2)18(16)14-8-7-9-15(10-14)22(25)26/h7-11,18H,5-6H2,1-4H3. The van der Waals surface area contributed by atoms with Crippen LogP contribution in [0.25, 0.3) is 0 Å². The van der Waals surface area contributed by atoms with Gasteiger partial charge >= 0.3 is 11.9 Å². The lowest BCUT2D eigenvalue weighted by Gasteiger charge is -2.35. The Kier molecular flexibility index (Phi) is 7.65. The third-order valence-corrected chi connectivity index (χ3v) is 4.93. The molecular weight excluding hydrogens is 412 g/mol. The van der Waals surface area contributed by atoms with E-state index in [0.29, 0.717) is 17.0 Å². The van der Waals surface area contributed by atoms with Crippen LogP contribution in [0.1, 0.15) is 39.2 Å². The highest BCUT2D eigenvalue weighted by atomic mass is 32.1. The minimum Gasteiger partial charge on any atom is -0.463 e. The van der Waals surface area contributed by atoms with Gasteiger partial charge in [-0.25, -0.2) is 13.8 Å². The van der Waals surface area contributed by atoms with Crippen molar-refractivity contribution in [2.75, 3.05) is 13.2 Å². The molecule has 1 aliphatic heterocycles. The number of allylic oxidation sites excluding steroid dienone is 2. The van der Waals surface area contributed by atoms with Crippen LogP contribution < -0.4 is 0 Å². The molecule has 0 atom stereocenters. The van der Waals surface area contributed by atoms with Crippen LogP contribution in [-0.4, -0.2) is 44.7 Å². The van der Waals surface area contributed by atoms with E-state index >= 15 is 0 Å². The predicted octanol–water partition coefficient (Wildman–Crippen LogP) is 2.64. The SMILES string of the molecule is CCOC(=O)C1=C(C)N(C=S=O)C(C)=C(C(=O)OCC)C1c1cccc([N+](=O)[O-])c1. The number of nitro groups is 1. The molecule has 1 aromatic carbocycles. The molecule has 9 nitrogen and oxygen atoms in total. The highest BCUT2D eigenvalue weighted by molar-refractivity contribution is 7.64. The van der Waals surface area contributed by atoms with Gasteiger partial charge in [-0.1, -0.05) is 12.1 Å². The molecule has 0 N–H and O–H groups in total. The summed E-state index contributed by atoms with van der Waals surface area (Å²) in [5.74, 6) is -2.32. The fourth-order valence-electron chi connectivity index (χ4n) is 3.37. The summed E-state index contributed by atoms with van der Waals surface area (Å²) in [5, 5.41) is 11.3. The van der Waals surface area contributed by atoms with Gasteiger partial charge in [0.1, 0.15) is 16.7 Å². The Morgan fingerprint density at radius 2 is 1.67 bits per heavy atom. The molecule has 0 amide bonds. The topological polar surface area (TPSA) is 116 Å². The van der Waals surface area contributed by atoms with Crippen LogP contribution in [0.15, 0.2) is 46.8 Å². The van der Waals surface area contributed by atoms with E-state index in [0.717, 1.165) is 0 Å². The molecule has 0 fully saturated rings. The molecule has 0 saturated carbocycles. The summed E-state index contributed by atoms with van der Waals surface area (Å²) in [6.07, 6.45) is 0. The van der Waals surface area contributed by atoms with Gasteiger partial charge in [0, 0.05) is 23.5 Å². The summed E-state index contributed by atoms with van der Waals surface area (Å²) >= 11 is 0.162. The molecular formula is C20H22N2O7S. The molecule has 1 heterocycles. The highest BCUT2D eigenvalue weighted by Gasteiger charge is 2.40. The van der Waals surface area contributed by atoms with Gasteiger partial charge in [0.15, 0.2) is 0 Å². The smallest absolute Gasteiger partial charge is 0.336 e. The zero-order valence-corrected chi connectivity index (χ0v) is 17.9. The Labute approximate surface area is 177 Å². The number of non-ortho nitro benzene ring substituents is 1. The number of nitro benzene ring substituents is 1. The molecule has 0 saturated heterocycles. The molecule has 0 aliphatic carbocycles. The van der Waals surface area contributed by atoms with Crippen molar-refractivity contribution in [3.63, 3.8) is 0 Å². The van der Waals surface area contributed by atoms with E-state index in [4.69, 9.17) is 9.47 Å². The second-order valence-corrected chi connectivity index (χ2v) is 6.70. The second-order valence-electron chi connectivity index (χ2n) is 6.30. The van der Waals surface area contributed by atoms with E-state index in [2.05, 4.69) is 0 Å². The van der Waals surface area contributed by atoms with Gasteiger partial charge in [0.05, 0.1) is 35.2 Å². The van der Waals surface area contributed by atoms with E-state index in [9.17, 15) is 23.9 Å². The maximum Gasteiger partial charge on any atom is 0.336 e. The van der Waals surface area contributed by atoms with Crippen LogP contribution >= 0.6 is 0 Å². The lowest BCUT2D eigenvalue weighted by atomic mass is 9.79. The van der Waals surface area contributed by atoms with Crippen molar-refractivity contribution in [3.05, 3.63) is 62.5 Å². The number of carbonyl (C=O) groups is 2. The Balaban J connectivity index is 2.85. The Morgan fingerprint density at radius 1 is 1.13 bits per heavy atom. The molecule has 0 bridgehead atoms. The molecule has 0 radical (unpaired) electrons. The molecule has 0 aromatic heterocycles. The number of nitrogens with zero attached hydrogens (tertiary/aromatic N) is 2. The maximum atomic E-state index is 12.9. The summed E-state index contributed by atoms with van der Waals surface area (Å²) in [7, 11) is 0. The van der Waals surface area contributed by atoms with Crippen LogP contribution in [0.5, 0.6) is 0 Å². The largest absolute Gasteiger partial charge is 0.463 e. The first kappa shape index (κ1) is 23.0. The van der Waals surface area contributed by atoms with Gasteiger partial charge in [0.2, 0.25) is 0 Å². The Morgan fingerprint density at radius 3 is 2.10 bits per heavy atom. The molecule has 1 aromatic rings. The first-order valence-electron chi connectivity index (χ1n) is 9.19. The maximum absolute atomic E-state index is 12.9. The van der Waals surface area contributed by atoms with Gasteiger partial charge in [0.25, 0.3) is 5.69 Å². The average molecular weight is 434 g/mol. The minimum absolute atomic E-state index is 0.0920. The van der Waals surface area contributed by atoms with E-state index in [1.54, 1.807) is 33.8 Å². The zero-order valence-electron chi connectivity index (χ0n) is 17.0. The van der Waals surface area contributed by atoms with Crippen molar-refractivity contribution in [3.8, 4) is 0 Å². The quantitative estimate of drug-likeness (QED) is 0.278. The fraction of sp³-hybridized carbons (Fsp3) is 0.350. The predicted molar refractivity (Wildman–Crippen MR) is 111 cm³/mol. The van der Waals surface area contributed by atoms with Gasteiger partial charge in [-0.3, -0.25) is 10.1 Å². The highest BCUT2D eigenvalue weighted by Crippen LogP contribution is 2.43. The molecule has 10 heteroatoms. The average Bonchev–Trinajstić information content (AvgIpc) is 2.71. The lowest BCUT2D eigenvalue weighted by Crippen LogP contribution is -2.35. The molecule has 0 spiro atoms. The van der Waals surface area contributed by atoms with Crippen LogP contribution in [0.3, 0.4) is 0 Å². The van der Waals surface area contributed by atoms with Gasteiger partial charge in [-0.05, 0) is 33.3 Å². The Bertz CT molecular complexity index is 951. The number of rotatable bonds is 7. The van der Waals surface area contributed by atoms with Crippen molar-refractivity contribution < 1.29 is 28.2 Å². The number of carbonyl (C=O) groups excluding carboxylic acids is 2. The van der Waals surface area contributed by atoms with Crippen molar-refractivity contribution >= 4 is 34.4 Å². The summed E-state index contributed by atoms with van der Waals surface area (Å²) in [5.41, 5.74) is 2.40. The number of benzene rings is 1. The summed E-state index contributed by atoms with van der Waals surface area (Å²) in [4.78, 5) is 37.9. The molecule has 160 valence electrons. The molecule has 0 unspecified atom stereocenters. The van der Waals surface area contributed by atoms with Crippen molar-refractivity contribution in [1.82, 2.24) is 4.90 Å². The van der Waals surface area contributed by atoms with Gasteiger partial charge < -0.3 is 14.4 Å². The van der Waals surface area contributed by atoms with Crippen LogP contribution in [0.2, 0.25) is 0 Å². The van der Waals surface area contributed by atoms with Crippen LogP contribution in [0.4, 0.5) is 5.69 Å². The lowest BCUT2D eigenvalue weighted by molar-refractivity contribution is -0.384. The molecule has 2 rings (SSSR count). The third kappa shape index (κ3) is 4.48. The normalized spacial score (nSPS) is 14.5. The van der Waals surface area contributed by atoms with E-state index < -0.39 is 22.8 Å². The van der Waals surface area contributed by atoms with Crippen LogP contribution in [-0.2, 0) is 30.3 Å². The summed E-state index contributed by atoms with van der Waals surface area (Å²) in [6.45, 7) is 6.71. The Hall–Kier alpha value is -3.27. The molecule has 1 aliphatic rings. The summed E-state index contributed by atoms with van der Waals surface area (Å²) < 4.78 is 21.6. The first-order chi connectivity index (χ1) is 14.3. The van der Waals surface area contributed by atoms with Crippen LogP contribution in [0, 0.1) is 10.1 Å². The first-order valence-corrected chi connectivity index (χ1v) is 10.00. The third-order valence-electron chi connectivity index (χ3n) is 4.63.